The highest BCUT2D eigenvalue weighted by Crippen LogP contribution is 2.26. The summed E-state index contributed by atoms with van der Waals surface area (Å²) in [6.45, 7) is 9.14. The van der Waals surface area contributed by atoms with Gasteiger partial charge in [-0.05, 0) is 45.4 Å². The van der Waals surface area contributed by atoms with E-state index >= 15 is 0 Å². The van der Waals surface area contributed by atoms with Crippen LogP contribution in [0.2, 0.25) is 5.02 Å². The molecule has 0 spiro atoms. The summed E-state index contributed by atoms with van der Waals surface area (Å²) in [5, 5.41) is 8.79. The first-order valence-corrected chi connectivity index (χ1v) is 7.80. The zero-order valence-electron chi connectivity index (χ0n) is 12.2. The van der Waals surface area contributed by atoms with Gasteiger partial charge < -0.3 is 5.32 Å². The molecular formula is C15H19BrClN3. The molecule has 0 fully saturated rings. The number of rotatable bonds is 4. The second-order valence-corrected chi connectivity index (χ2v) is 6.46. The van der Waals surface area contributed by atoms with Crippen LogP contribution < -0.4 is 5.32 Å². The number of nitrogens with zero attached hydrogens (tertiary/aromatic N) is 2. The van der Waals surface area contributed by atoms with E-state index in [0.717, 1.165) is 27.4 Å². The lowest BCUT2D eigenvalue weighted by molar-refractivity contribution is 0.516. The Morgan fingerprint density at radius 1 is 1.35 bits per heavy atom. The molecule has 0 bridgehead atoms. The van der Waals surface area contributed by atoms with E-state index in [0.29, 0.717) is 6.04 Å². The largest absolute Gasteiger partial charge is 0.378 e. The van der Waals surface area contributed by atoms with Crippen LogP contribution in [0.3, 0.4) is 0 Å². The van der Waals surface area contributed by atoms with Crippen molar-refractivity contribution >= 4 is 33.2 Å². The third-order valence-corrected chi connectivity index (χ3v) is 4.26. The third-order valence-electron chi connectivity index (χ3n) is 3.28. The molecule has 0 aliphatic carbocycles. The smallest absolute Gasteiger partial charge is 0.0828 e. The van der Waals surface area contributed by atoms with E-state index in [9.17, 15) is 0 Å². The molecular weight excluding hydrogens is 338 g/mol. The summed E-state index contributed by atoms with van der Waals surface area (Å²) in [7, 11) is 0. The van der Waals surface area contributed by atoms with Crippen molar-refractivity contribution in [1.29, 1.82) is 0 Å². The number of hydrogen-bond acceptors (Lipinski definition) is 2. The van der Waals surface area contributed by atoms with Crippen molar-refractivity contribution in [3.8, 4) is 0 Å². The van der Waals surface area contributed by atoms with Gasteiger partial charge in [0.05, 0.1) is 17.1 Å². The maximum Gasteiger partial charge on any atom is 0.0828 e. The highest BCUT2D eigenvalue weighted by Gasteiger charge is 2.13. The molecule has 1 aromatic heterocycles. The van der Waals surface area contributed by atoms with Crippen LogP contribution in [0.5, 0.6) is 0 Å². The number of aromatic nitrogens is 2. The highest BCUT2D eigenvalue weighted by atomic mass is 79.9. The molecule has 0 unspecified atom stereocenters. The average molecular weight is 357 g/mol. The zero-order chi connectivity index (χ0) is 14.9. The Morgan fingerprint density at radius 3 is 2.60 bits per heavy atom. The number of halogens is 2. The van der Waals surface area contributed by atoms with Crippen LogP contribution in [0, 0.1) is 13.8 Å². The van der Waals surface area contributed by atoms with Gasteiger partial charge in [0, 0.05) is 22.1 Å². The summed E-state index contributed by atoms with van der Waals surface area (Å²) >= 11 is 9.50. The molecule has 0 radical (unpaired) electrons. The van der Waals surface area contributed by atoms with Crippen molar-refractivity contribution in [2.75, 3.05) is 5.32 Å². The predicted octanol–water partition coefficient (Wildman–Crippen LogP) is 5.11. The van der Waals surface area contributed by atoms with Gasteiger partial charge >= 0.3 is 0 Å². The number of anilines is 1. The van der Waals surface area contributed by atoms with Gasteiger partial charge in [0.1, 0.15) is 0 Å². The minimum atomic E-state index is 0.367. The number of nitrogens with one attached hydrogen (secondary N) is 1. The minimum Gasteiger partial charge on any atom is -0.378 e. The molecule has 1 N–H and O–H groups in total. The van der Waals surface area contributed by atoms with Gasteiger partial charge in [0.15, 0.2) is 0 Å². The van der Waals surface area contributed by atoms with Gasteiger partial charge in [-0.1, -0.05) is 33.6 Å². The van der Waals surface area contributed by atoms with Crippen molar-refractivity contribution in [3.05, 3.63) is 44.6 Å². The SMILES string of the molecule is Cc1nn(C(C)C)c(C)c1NCc1ccc(Cl)cc1Br. The Kier molecular flexibility index (Phi) is 4.76. The molecule has 108 valence electrons. The molecule has 3 nitrogen and oxygen atoms in total. The maximum atomic E-state index is 5.96. The molecule has 2 aromatic rings. The van der Waals surface area contributed by atoms with E-state index in [-0.39, 0.29) is 0 Å². The van der Waals surface area contributed by atoms with Crippen molar-refractivity contribution in [2.24, 2.45) is 0 Å². The van der Waals surface area contributed by atoms with Crippen LogP contribution in [-0.2, 0) is 6.54 Å². The van der Waals surface area contributed by atoms with Gasteiger partial charge in [-0.25, -0.2) is 0 Å². The fraction of sp³-hybridized carbons (Fsp3) is 0.400. The molecule has 0 aliphatic heterocycles. The van der Waals surface area contributed by atoms with E-state index in [4.69, 9.17) is 11.6 Å². The standard InChI is InChI=1S/C15H19BrClN3/c1-9(2)20-11(4)15(10(3)19-20)18-8-12-5-6-13(17)7-14(12)16/h5-7,9,18H,8H2,1-4H3. The number of aryl methyl sites for hydroxylation is 1. The molecule has 0 saturated heterocycles. The van der Waals surface area contributed by atoms with E-state index in [1.54, 1.807) is 0 Å². The Hall–Kier alpha value is -1.000. The molecule has 2 rings (SSSR count). The lowest BCUT2D eigenvalue weighted by Gasteiger charge is -2.11. The van der Waals surface area contributed by atoms with E-state index in [2.05, 4.69) is 51.8 Å². The second kappa shape index (κ2) is 6.19. The van der Waals surface area contributed by atoms with Gasteiger partial charge in [-0.2, -0.15) is 5.10 Å². The summed E-state index contributed by atoms with van der Waals surface area (Å²) in [4.78, 5) is 0. The summed E-state index contributed by atoms with van der Waals surface area (Å²) in [5.74, 6) is 0. The molecule has 1 aromatic carbocycles. The first-order chi connectivity index (χ1) is 9.40. The highest BCUT2D eigenvalue weighted by molar-refractivity contribution is 9.10. The Balaban J connectivity index is 2.19. The normalized spacial score (nSPS) is 11.2. The topological polar surface area (TPSA) is 29.9 Å². The summed E-state index contributed by atoms with van der Waals surface area (Å²) in [5.41, 5.74) is 4.48. The van der Waals surface area contributed by atoms with Crippen LogP contribution in [0.15, 0.2) is 22.7 Å². The third kappa shape index (κ3) is 3.18. The summed E-state index contributed by atoms with van der Waals surface area (Å²) in [6.07, 6.45) is 0. The van der Waals surface area contributed by atoms with Crippen LogP contribution in [0.4, 0.5) is 5.69 Å². The first-order valence-electron chi connectivity index (χ1n) is 6.63. The van der Waals surface area contributed by atoms with Gasteiger partial charge in [0.25, 0.3) is 0 Å². The van der Waals surface area contributed by atoms with E-state index in [1.807, 2.05) is 25.1 Å². The second-order valence-electron chi connectivity index (χ2n) is 5.17. The average Bonchev–Trinajstić information content (AvgIpc) is 2.65. The zero-order valence-corrected chi connectivity index (χ0v) is 14.5. The van der Waals surface area contributed by atoms with Crippen molar-refractivity contribution in [1.82, 2.24) is 9.78 Å². The monoisotopic (exact) mass is 355 g/mol. The Labute approximate surface area is 133 Å². The summed E-state index contributed by atoms with van der Waals surface area (Å²) in [6, 6.07) is 6.21. The van der Waals surface area contributed by atoms with Crippen LogP contribution in [-0.4, -0.2) is 9.78 Å². The summed E-state index contributed by atoms with van der Waals surface area (Å²) < 4.78 is 3.07. The van der Waals surface area contributed by atoms with Crippen LogP contribution in [0.25, 0.3) is 0 Å². The van der Waals surface area contributed by atoms with E-state index in [1.165, 1.54) is 11.3 Å². The van der Waals surface area contributed by atoms with Gasteiger partial charge in [-0.3, -0.25) is 4.68 Å². The lowest BCUT2D eigenvalue weighted by Crippen LogP contribution is -2.06. The fourth-order valence-electron chi connectivity index (χ4n) is 2.27. The molecule has 0 saturated carbocycles. The van der Waals surface area contributed by atoms with Crippen molar-refractivity contribution in [3.63, 3.8) is 0 Å². The van der Waals surface area contributed by atoms with Crippen LogP contribution >= 0.6 is 27.5 Å². The Morgan fingerprint density at radius 2 is 2.05 bits per heavy atom. The molecule has 0 amide bonds. The first kappa shape index (κ1) is 15.4. The number of benzene rings is 1. The lowest BCUT2D eigenvalue weighted by atomic mass is 10.2. The van der Waals surface area contributed by atoms with Crippen molar-refractivity contribution in [2.45, 2.75) is 40.3 Å². The quantitative estimate of drug-likeness (QED) is 0.825. The Bertz CT molecular complexity index is 620. The molecule has 20 heavy (non-hydrogen) atoms. The maximum absolute atomic E-state index is 5.96. The fourth-order valence-corrected chi connectivity index (χ4v) is 3.09. The molecule has 1 heterocycles. The molecule has 0 aliphatic rings. The minimum absolute atomic E-state index is 0.367. The van der Waals surface area contributed by atoms with Gasteiger partial charge in [-0.15, -0.1) is 0 Å². The predicted molar refractivity (Wildman–Crippen MR) is 88.6 cm³/mol. The van der Waals surface area contributed by atoms with Crippen LogP contribution in [0.1, 0.15) is 36.8 Å². The molecule has 0 atom stereocenters. The van der Waals surface area contributed by atoms with Crippen molar-refractivity contribution < 1.29 is 0 Å². The van der Waals surface area contributed by atoms with Gasteiger partial charge in [0.2, 0.25) is 0 Å². The van der Waals surface area contributed by atoms with E-state index < -0.39 is 0 Å². The molecule has 5 heteroatoms. The number of hydrogen-bond donors (Lipinski definition) is 1.